The van der Waals surface area contributed by atoms with Gasteiger partial charge in [0, 0.05) is 12.7 Å². The quantitative estimate of drug-likeness (QED) is 0.837. The predicted octanol–water partition coefficient (Wildman–Crippen LogP) is 1.23. The standard InChI is InChI=1S/C13H17N3O3/c1-2-16(9-10-5-3-4-8-14-10)12(19)15-13(6-7-13)11(17)18/h3-5,8H,2,6-7,9H2,1H3,(H,15,19)(H,17,18). The van der Waals surface area contributed by atoms with E-state index in [1.165, 1.54) is 0 Å². The van der Waals surface area contributed by atoms with Crippen molar-refractivity contribution in [2.24, 2.45) is 0 Å². The number of carbonyl (C=O) groups is 2. The van der Waals surface area contributed by atoms with E-state index in [-0.39, 0.29) is 6.03 Å². The summed E-state index contributed by atoms with van der Waals surface area (Å²) in [5.41, 5.74) is -0.270. The molecule has 2 N–H and O–H groups in total. The smallest absolute Gasteiger partial charge is 0.329 e. The second kappa shape index (κ2) is 5.26. The lowest BCUT2D eigenvalue weighted by molar-refractivity contribution is -0.140. The third-order valence-electron chi connectivity index (χ3n) is 3.25. The first-order chi connectivity index (χ1) is 9.07. The monoisotopic (exact) mass is 263 g/mol. The number of aliphatic carboxylic acids is 1. The van der Waals surface area contributed by atoms with Crippen LogP contribution in [0.15, 0.2) is 24.4 Å². The SMILES string of the molecule is CCN(Cc1ccccn1)C(=O)NC1(C(=O)O)CC1. The largest absolute Gasteiger partial charge is 0.480 e. The van der Waals surface area contributed by atoms with Gasteiger partial charge in [-0.1, -0.05) is 6.07 Å². The Morgan fingerprint density at radius 3 is 2.68 bits per heavy atom. The summed E-state index contributed by atoms with van der Waals surface area (Å²) in [5, 5.41) is 11.6. The van der Waals surface area contributed by atoms with E-state index in [1.807, 2.05) is 25.1 Å². The lowest BCUT2D eigenvalue weighted by atomic mass is 10.3. The molecule has 1 saturated carbocycles. The van der Waals surface area contributed by atoms with Crippen molar-refractivity contribution in [3.8, 4) is 0 Å². The molecule has 1 aliphatic carbocycles. The third kappa shape index (κ3) is 3.01. The van der Waals surface area contributed by atoms with Crippen LogP contribution in [-0.2, 0) is 11.3 Å². The van der Waals surface area contributed by atoms with Gasteiger partial charge in [0.25, 0.3) is 0 Å². The summed E-state index contributed by atoms with van der Waals surface area (Å²) in [6.07, 6.45) is 2.66. The Morgan fingerprint density at radius 2 is 2.21 bits per heavy atom. The molecule has 0 unspecified atom stereocenters. The summed E-state index contributed by atoms with van der Waals surface area (Å²) < 4.78 is 0. The van der Waals surface area contributed by atoms with Crippen LogP contribution in [0.2, 0.25) is 0 Å². The molecular formula is C13H17N3O3. The Hall–Kier alpha value is -2.11. The van der Waals surface area contributed by atoms with E-state index in [2.05, 4.69) is 10.3 Å². The normalized spacial score (nSPS) is 15.6. The summed E-state index contributed by atoms with van der Waals surface area (Å²) in [4.78, 5) is 28.8. The van der Waals surface area contributed by atoms with Gasteiger partial charge in [0.15, 0.2) is 0 Å². The number of carbonyl (C=O) groups excluding carboxylic acids is 1. The maximum Gasteiger partial charge on any atom is 0.329 e. The number of hydrogen-bond acceptors (Lipinski definition) is 3. The molecule has 0 aliphatic heterocycles. The first-order valence-corrected chi connectivity index (χ1v) is 6.28. The van der Waals surface area contributed by atoms with Crippen molar-refractivity contribution in [2.45, 2.75) is 31.8 Å². The van der Waals surface area contributed by atoms with Crippen molar-refractivity contribution in [3.63, 3.8) is 0 Å². The lowest BCUT2D eigenvalue weighted by Gasteiger charge is -2.23. The molecule has 6 nitrogen and oxygen atoms in total. The Balaban J connectivity index is 1.98. The van der Waals surface area contributed by atoms with Crippen molar-refractivity contribution >= 4 is 12.0 Å². The minimum atomic E-state index is -1.05. The van der Waals surface area contributed by atoms with Gasteiger partial charge in [-0.3, -0.25) is 4.98 Å². The number of pyridine rings is 1. The number of hydrogen-bond donors (Lipinski definition) is 2. The molecule has 1 aliphatic rings. The van der Waals surface area contributed by atoms with E-state index in [0.29, 0.717) is 25.9 Å². The average Bonchev–Trinajstić information content (AvgIpc) is 3.18. The van der Waals surface area contributed by atoms with Gasteiger partial charge in [-0.25, -0.2) is 9.59 Å². The molecule has 102 valence electrons. The van der Waals surface area contributed by atoms with E-state index >= 15 is 0 Å². The van der Waals surface area contributed by atoms with Crippen LogP contribution in [0.1, 0.15) is 25.5 Å². The van der Waals surface area contributed by atoms with Gasteiger partial charge in [0.05, 0.1) is 12.2 Å². The van der Waals surface area contributed by atoms with Crippen LogP contribution in [0.25, 0.3) is 0 Å². The molecule has 0 bridgehead atoms. The number of rotatable bonds is 5. The number of aromatic nitrogens is 1. The van der Waals surface area contributed by atoms with Crippen molar-refractivity contribution in [1.29, 1.82) is 0 Å². The molecule has 19 heavy (non-hydrogen) atoms. The number of nitrogens with zero attached hydrogens (tertiary/aromatic N) is 2. The highest BCUT2D eigenvalue weighted by Crippen LogP contribution is 2.35. The van der Waals surface area contributed by atoms with E-state index in [1.54, 1.807) is 11.1 Å². The van der Waals surface area contributed by atoms with Crippen molar-refractivity contribution in [3.05, 3.63) is 30.1 Å². The zero-order valence-corrected chi connectivity index (χ0v) is 10.8. The minimum Gasteiger partial charge on any atom is -0.480 e. The molecule has 0 aromatic carbocycles. The molecule has 0 atom stereocenters. The topological polar surface area (TPSA) is 82.5 Å². The fourth-order valence-corrected chi connectivity index (χ4v) is 1.82. The van der Waals surface area contributed by atoms with Crippen molar-refractivity contribution in [1.82, 2.24) is 15.2 Å². The highest BCUT2D eigenvalue weighted by molar-refractivity contribution is 5.88. The van der Waals surface area contributed by atoms with Crippen LogP contribution >= 0.6 is 0 Å². The van der Waals surface area contributed by atoms with Crippen LogP contribution in [0.3, 0.4) is 0 Å². The second-order valence-electron chi connectivity index (χ2n) is 4.65. The van der Waals surface area contributed by atoms with Crippen LogP contribution in [0.4, 0.5) is 4.79 Å². The Labute approximate surface area is 111 Å². The molecule has 2 rings (SSSR count). The van der Waals surface area contributed by atoms with Gasteiger partial charge in [-0.15, -0.1) is 0 Å². The zero-order chi connectivity index (χ0) is 13.9. The van der Waals surface area contributed by atoms with Gasteiger partial charge in [-0.2, -0.15) is 0 Å². The molecule has 1 fully saturated rings. The highest BCUT2D eigenvalue weighted by atomic mass is 16.4. The Kier molecular flexibility index (Phi) is 3.69. The molecule has 0 radical (unpaired) electrons. The van der Waals surface area contributed by atoms with Gasteiger partial charge >= 0.3 is 12.0 Å². The fraction of sp³-hybridized carbons (Fsp3) is 0.462. The first kappa shape index (κ1) is 13.3. The molecule has 1 aromatic heterocycles. The molecule has 2 amide bonds. The average molecular weight is 263 g/mol. The van der Waals surface area contributed by atoms with Gasteiger partial charge < -0.3 is 15.3 Å². The summed E-state index contributed by atoms with van der Waals surface area (Å²) in [6, 6.07) is 5.14. The van der Waals surface area contributed by atoms with E-state index in [9.17, 15) is 9.59 Å². The number of amides is 2. The highest BCUT2D eigenvalue weighted by Gasteiger charge is 2.52. The third-order valence-corrected chi connectivity index (χ3v) is 3.25. The predicted molar refractivity (Wildman–Crippen MR) is 68.5 cm³/mol. The zero-order valence-electron chi connectivity index (χ0n) is 10.8. The number of carboxylic acids is 1. The van der Waals surface area contributed by atoms with Gasteiger partial charge in [0.2, 0.25) is 0 Å². The second-order valence-corrected chi connectivity index (χ2v) is 4.65. The molecule has 1 heterocycles. The summed E-state index contributed by atoms with van der Waals surface area (Å²) in [5.74, 6) is -0.963. The fourth-order valence-electron chi connectivity index (χ4n) is 1.82. The Morgan fingerprint density at radius 1 is 1.47 bits per heavy atom. The van der Waals surface area contributed by atoms with Crippen LogP contribution in [0.5, 0.6) is 0 Å². The molecule has 6 heteroatoms. The van der Waals surface area contributed by atoms with Crippen LogP contribution in [-0.4, -0.2) is 39.1 Å². The van der Waals surface area contributed by atoms with Crippen molar-refractivity contribution in [2.75, 3.05) is 6.54 Å². The maximum atomic E-state index is 12.1. The molecule has 0 spiro atoms. The molecule has 1 aromatic rings. The first-order valence-electron chi connectivity index (χ1n) is 6.28. The van der Waals surface area contributed by atoms with Gasteiger partial charge in [-0.05, 0) is 31.9 Å². The van der Waals surface area contributed by atoms with Crippen LogP contribution in [0, 0.1) is 0 Å². The molecule has 0 saturated heterocycles. The van der Waals surface area contributed by atoms with Gasteiger partial charge in [0.1, 0.15) is 5.54 Å². The minimum absolute atomic E-state index is 0.354. The number of nitrogens with one attached hydrogen (secondary N) is 1. The summed E-state index contributed by atoms with van der Waals surface area (Å²) in [6.45, 7) is 2.72. The van der Waals surface area contributed by atoms with Crippen molar-refractivity contribution < 1.29 is 14.7 Å². The van der Waals surface area contributed by atoms with E-state index in [0.717, 1.165) is 5.69 Å². The molecular weight excluding hydrogens is 246 g/mol. The lowest BCUT2D eigenvalue weighted by Crippen LogP contribution is -2.49. The maximum absolute atomic E-state index is 12.1. The van der Waals surface area contributed by atoms with Crippen LogP contribution < -0.4 is 5.32 Å². The summed E-state index contributed by atoms with van der Waals surface area (Å²) in [7, 11) is 0. The van der Waals surface area contributed by atoms with E-state index in [4.69, 9.17) is 5.11 Å². The number of carboxylic acid groups (broad SMARTS) is 1. The summed E-state index contributed by atoms with van der Waals surface area (Å²) >= 11 is 0. The Bertz CT molecular complexity index is 471. The number of urea groups is 1. The van der Waals surface area contributed by atoms with E-state index < -0.39 is 11.5 Å².